The first kappa shape index (κ1) is 15.8. The summed E-state index contributed by atoms with van der Waals surface area (Å²) in [5.74, 6) is -0.183. The molecular weight excluding hydrogens is 321 g/mol. The third-order valence-corrected chi connectivity index (χ3v) is 4.05. The first-order valence-electron chi connectivity index (χ1n) is 7.18. The SMILES string of the molecule is O=C([C@H](O)c1ccccc1Cl)N1CC(Oc2ccc(F)cc2)C1. The van der Waals surface area contributed by atoms with Crippen LogP contribution in [0.2, 0.25) is 5.02 Å². The lowest BCUT2D eigenvalue weighted by Gasteiger charge is -2.40. The molecule has 1 heterocycles. The second-order valence-corrected chi connectivity index (χ2v) is 5.77. The van der Waals surface area contributed by atoms with Gasteiger partial charge in [0.2, 0.25) is 0 Å². The van der Waals surface area contributed by atoms with Gasteiger partial charge in [-0.1, -0.05) is 29.8 Å². The largest absolute Gasteiger partial charge is 0.487 e. The van der Waals surface area contributed by atoms with Gasteiger partial charge in [-0.3, -0.25) is 4.79 Å². The summed E-state index contributed by atoms with van der Waals surface area (Å²) in [6.45, 7) is 0.745. The molecule has 1 amide bonds. The normalized spacial score (nSPS) is 15.9. The number of amides is 1. The maximum absolute atomic E-state index is 12.8. The van der Waals surface area contributed by atoms with Crippen molar-refractivity contribution in [1.29, 1.82) is 0 Å². The molecule has 1 N–H and O–H groups in total. The fourth-order valence-electron chi connectivity index (χ4n) is 2.40. The summed E-state index contributed by atoms with van der Waals surface area (Å²) >= 11 is 5.99. The first-order valence-corrected chi connectivity index (χ1v) is 7.56. The number of aliphatic hydroxyl groups is 1. The van der Waals surface area contributed by atoms with Crippen molar-refractivity contribution in [2.75, 3.05) is 13.1 Å². The first-order chi connectivity index (χ1) is 11.0. The summed E-state index contributed by atoms with van der Waals surface area (Å²) in [6, 6.07) is 12.4. The Hall–Kier alpha value is -2.11. The molecule has 0 saturated carbocycles. The molecule has 1 aliphatic heterocycles. The van der Waals surface area contributed by atoms with E-state index in [0.717, 1.165) is 0 Å². The molecule has 3 rings (SSSR count). The molecular formula is C17H15ClFNO3. The van der Waals surface area contributed by atoms with E-state index in [9.17, 15) is 14.3 Å². The molecule has 120 valence electrons. The Kier molecular flexibility index (Phi) is 4.50. The van der Waals surface area contributed by atoms with Crippen molar-refractivity contribution < 1.29 is 19.0 Å². The lowest BCUT2D eigenvalue weighted by atomic mass is 10.1. The Balaban J connectivity index is 1.55. The van der Waals surface area contributed by atoms with Crippen molar-refractivity contribution in [3.63, 3.8) is 0 Å². The van der Waals surface area contributed by atoms with Crippen LogP contribution >= 0.6 is 11.6 Å². The predicted molar refractivity (Wildman–Crippen MR) is 83.8 cm³/mol. The van der Waals surface area contributed by atoms with Gasteiger partial charge in [0, 0.05) is 10.6 Å². The highest BCUT2D eigenvalue weighted by molar-refractivity contribution is 6.31. The van der Waals surface area contributed by atoms with E-state index in [1.54, 1.807) is 36.4 Å². The van der Waals surface area contributed by atoms with Crippen molar-refractivity contribution in [2.45, 2.75) is 12.2 Å². The molecule has 0 aliphatic carbocycles. The Morgan fingerprint density at radius 2 is 1.87 bits per heavy atom. The average Bonchev–Trinajstić information content (AvgIpc) is 2.51. The summed E-state index contributed by atoms with van der Waals surface area (Å²) < 4.78 is 18.5. The van der Waals surface area contributed by atoms with Crippen LogP contribution in [0.4, 0.5) is 4.39 Å². The third kappa shape index (κ3) is 3.46. The van der Waals surface area contributed by atoms with Gasteiger partial charge in [0.15, 0.2) is 6.10 Å². The number of aliphatic hydroxyl groups excluding tert-OH is 1. The van der Waals surface area contributed by atoms with Gasteiger partial charge < -0.3 is 14.7 Å². The Bertz CT molecular complexity index is 701. The lowest BCUT2D eigenvalue weighted by molar-refractivity contribution is -0.149. The maximum Gasteiger partial charge on any atom is 0.256 e. The molecule has 1 atom stereocenters. The van der Waals surface area contributed by atoms with Crippen LogP contribution in [0.15, 0.2) is 48.5 Å². The summed E-state index contributed by atoms with van der Waals surface area (Å²) in [5, 5.41) is 10.5. The molecule has 0 radical (unpaired) electrons. The number of hydrogen-bond donors (Lipinski definition) is 1. The zero-order valence-corrected chi connectivity index (χ0v) is 12.9. The Morgan fingerprint density at radius 1 is 1.22 bits per heavy atom. The smallest absolute Gasteiger partial charge is 0.256 e. The zero-order chi connectivity index (χ0) is 16.4. The molecule has 1 saturated heterocycles. The fraction of sp³-hybridized carbons (Fsp3) is 0.235. The van der Waals surface area contributed by atoms with Gasteiger partial charge in [-0.25, -0.2) is 4.39 Å². The summed E-state index contributed by atoms with van der Waals surface area (Å²) in [7, 11) is 0. The Labute approximate surface area is 138 Å². The standard InChI is InChI=1S/C17H15ClFNO3/c18-15-4-2-1-3-14(15)16(21)17(22)20-9-13(10-20)23-12-7-5-11(19)6-8-12/h1-8,13,16,21H,9-10H2/t16-/m1/s1. The number of benzene rings is 2. The number of halogens is 2. The molecule has 0 unspecified atom stereocenters. The fourth-order valence-corrected chi connectivity index (χ4v) is 2.64. The topological polar surface area (TPSA) is 49.8 Å². The summed E-state index contributed by atoms with van der Waals surface area (Å²) in [6.07, 6.45) is -1.45. The van der Waals surface area contributed by atoms with Crippen LogP contribution in [-0.4, -0.2) is 35.1 Å². The lowest BCUT2D eigenvalue weighted by Crippen LogP contribution is -2.57. The minimum Gasteiger partial charge on any atom is -0.487 e. The minimum atomic E-state index is -1.28. The summed E-state index contributed by atoms with van der Waals surface area (Å²) in [5.41, 5.74) is 0.391. The van der Waals surface area contributed by atoms with Gasteiger partial charge in [0.05, 0.1) is 13.1 Å². The predicted octanol–water partition coefficient (Wildman–Crippen LogP) is 2.80. The number of nitrogens with zero attached hydrogens (tertiary/aromatic N) is 1. The van der Waals surface area contributed by atoms with Crippen LogP contribution < -0.4 is 4.74 Å². The van der Waals surface area contributed by atoms with Gasteiger partial charge in [-0.2, -0.15) is 0 Å². The number of carbonyl (C=O) groups is 1. The van der Waals surface area contributed by atoms with Gasteiger partial charge in [-0.05, 0) is 30.3 Å². The quantitative estimate of drug-likeness (QED) is 0.934. The minimum absolute atomic E-state index is 0.164. The number of ether oxygens (including phenoxy) is 1. The molecule has 0 aromatic heterocycles. The van der Waals surface area contributed by atoms with Crippen molar-refractivity contribution in [3.8, 4) is 5.75 Å². The number of carbonyl (C=O) groups excluding carboxylic acids is 1. The molecule has 0 bridgehead atoms. The molecule has 1 fully saturated rings. The second kappa shape index (κ2) is 6.56. The van der Waals surface area contributed by atoms with Gasteiger partial charge >= 0.3 is 0 Å². The molecule has 23 heavy (non-hydrogen) atoms. The average molecular weight is 336 g/mol. The van der Waals surface area contributed by atoms with Crippen LogP contribution in [0.5, 0.6) is 5.75 Å². The monoisotopic (exact) mass is 335 g/mol. The molecule has 4 nitrogen and oxygen atoms in total. The van der Waals surface area contributed by atoms with E-state index in [1.807, 2.05) is 0 Å². The van der Waals surface area contributed by atoms with E-state index < -0.39 is 12.0 Å². The molecule has 6 heteroatoms. The number of likely N-dealkylation sites (tertiary alicyclic amines) is 1. The van der Waals surface area contributed by atoms with Gasteiger partial charge in [0.1, 0.15) is 17.7 Å². The highest BCUT2D eigenvalue weighted by Crippen LogP contribution is 2.26. The van der Waals surface area contributed by atoms with Crippen molar-refractivity contribution in [3.05, 3.63) is 64.9 Å². The Morgan fingerprint density at radius 3 is 2.52 bits per heavy atom. The van der Waals surface area contributed by atoms with E-state index in [2.05, 4.69) is 0 Å². The second-order valence-electron chi connectivity index (χ2n) is 5.36. The highest BCUT2D eigenvalue weighted by Gasteiger charge is 2.36. The van der Waals surface area contributed by atoms with E-state index in [-0.39, 0.29) is 11.9 Å². The van der Waals surface area contributed by atoms with Crippen LogP contribution in [0.25, 0.3) is 0 Å². The molecule has 2 aromatic carbocycles. The van der Waals surface area contributed by atoms with Gasteiger partial charge in [-0.15, -0.1) is 0 Å². The number of rotatable bonds is 4. The van der Waals surface area contributed by atoms with E-state index >= 15 is 0 Å². The van der Waals surface area contributed by atoms with E-state index in [4.69, 9.17) is 16.3 Å². The molecule has 0 spiro atoms. The van der Waals surface area contributed by atoms with Crippen molar-refractivity contribution in [1.82, 2.24) is 4.90 Å². The third-order valence-electron chi connectivity index (χ3n) is 3.71. The maximum atomic E-state index is 12.8. The van der Waals surface area contributed by atoms with E-state index in [0.29, 0.717) is 29.4 Å². The van der Waals surface area contributed by atoms with Crippen LogP contribution in [0.1, 0.15) is 11.7 Å². The van der Waals surface area contributed by atoms with Crippen LogP contribution in [0.3, 0.4) is 0 Å². The highest BCUT2D eigenvalue weighted by atomic mass is 35.5. The van der Waals surface area contributed by atoms with Crippen molar-refractivity contribution >= 4 is 17.5 Å². The van der Waals surface area contributed by atoms with Crippen molar-refractivity contribution in [2.24, 2.45) is 0 Å². The summed E-state index contributed by atoms with van der Waals surface area (Å²) in [4.78, 5) is 13.7. The molecule has 2 aromatic rings. The van der Waals surface area contributed by atoms with Crippen LogP contribution in [-0.2, 0) is 4.79 Å². The van der Waals surface area contributed by atoms with Gasteiger partial charge in [0.25, 0.3) is 5.91 Å². The van der Waals surface area contributed by atoms with Crippen LogP contribution in [0, 0.1) is 5.82 Å². The number of hydrogen-bond acceptors (Lipinski definition) is 3. The van der Waals surface area contributed by atoms with E-state index in [1.165, 1.54) is 17.0 Å². The zero-order valence-electron chi connectivity index (χ0n) is 12.2. The molecule has 1 aliphatic rings.